The number of alkyl halides is 5. The number of likely N-dealkylation sites (N-methyl/N-ethyl adjacent to an activating group) is 7. The molecule has 3 aliphatic carbocycles. The summed E-state index contributed by atoms with van der Waals surface area (Å²) in [6, 6.07) is -10.4. The van der Waals surface area contributed by atoms with Crippen molar-refractivity contribution >= 4 is 94.1 Å². The second-order valence-electron chi connectivity index (χ2n) is 31.8. The van der Waals surface area contributed by atoms with Crippen LogP contribution in [-0.4, -0.2) is 281 Å². The van der Waals surface area contributed by atoms with Crippen molar-refractivity contribution in [2.45, 2.75) is 267 Å². The molecule has 3 heterocycles. The third-order valence-electron chi connectivity index (χ3n) is 23.3. The van der Waals surface area contributed by atoms with Crippen LogP contribution < -0.4 is 16.0 Å². The zero-order valence-electron chi connectivity index (χ0n) is 65.0. The van der Waals surface area contributed by atoms with Gasteiger partial charge in [-0.05, 0) is 132 Å². The lowest BCUT2D eigenvalue weighted by Crippen LogP contribution is -2.71. The van der Waals surface area contributed by atoms with E-state index in [1.165, 1.54) is 85.8 Å². The van der Waals surface area contributed by atoms with Crippen LogP contribution in [0.5, 0.6) is 0 Å². The number of carbonyl (C=O) groups is 12. The summed E-state index contributed by atoms with van der Waals surface area (Å²) in [7, 11) is 11.3. The molecule has 0 aromatic carbocycles. The Kier molecular flexibility index (Phi) is 31.9. The number of nitrogens with one attached hydrogen (secondary N) is 3. The van der Waals surface area contributed by atoms with Crippen molar-refractivity contribution in [2.24, 2.45) is 35.0 Å². The van der Waals surface area contributed by atoms with Gasteiger partial charge in [-0.3, -0.25) is 57.5 Å². The Hall–Kier alpha value is -6.29. The number of carbonyl (C=O) groups excluding carboxylic acids is 12. The first-order valence-corrected chi connectivity index (χ1v) is 39.0. The molecule has 3 N–H and O–H groups in total. The van der Waals surface area contributed by atoms with E-state index in [9.17, 15) is 41.9 Å². The Morgan fingerprint density at radius 3 is 1.86 bits per heavy atom. The standard InChI is InChI=1S/C75H121Cl2F3N12O13/c1-17-25-54-64(96)82-62(45(6)18-2)70(102)86(12)42-61(95)88(14)55-26-23-22-24-35-91(69(55)101)58(37-47-27-31-49(32-28-47)75(78,79)80)68(100)85(11)41-59(93)81-53(34-30-46-29-33-51(76)52(77)36-46)66(98)92-40-50(105-21-5)38-56(92)65(97)83-74(43-73(7,8)44-74)72(104)90(16)63(48(19-3)20-4)71(103)89(15)57(67(99)84(9)10)39-60(94)87(54)13/h22-23,45-58,62-63H,17-21,24-44H2,1-16H3,(H,81,93)(H,82,96)(H,83,97)/b23-22-/t45-,46?,47?,49?,50+,51?,52?,53-,54-,55-,56-,57-,58-,62-,63-/m0/s1. The van der Waals surface area contributed by atoms with E-state index >= 15 is 28.8 Å². The zero-order chi connectivity index (χ0) is 78.5. The first-order valence-electron chi connectivity index (χ1n) is 38.1. The van der Waals surface area contributed by atoms with E-state index in [1.54, 1.807) is 32.9 Å². The summed E-state index contributed by atoms with van der Waals surface area (Å²) >= 11 is 13.3. The van der Waals surface area contributed by atoms with Crippen LogP contribution in [0.1, 0.15) is 190 Å². The van der Waals surface area contributed by atoms with Crippen LogP contribution in [0, 0.1) is 35.0 Å². The van der Waals surface area contributed by atoms with Crippen LogP contribution in [0.25, 0.3) is 0 Å². The molecular formula is C75H121Cl2F3N12O13. The maximum atomic E-state index is 15.8. The number of nitrogens with zero attached hydrogens (tertiary/aromatic N) is 9. The largest absolute Gasteiger partial charge is 0.391 e. The van der Waals surface area contributed by atoms with Gasteiger partial charge < -0.3 is 64.8 Å². The predicted molar refractivity (Wildman–Crippen MR) is 392 cm³/mol. The van der Waals surface area contributed by atoms with E-state index in [-0.39, 0.29) is 113 Å². The molecule has 3 aliphatic heterocycles. The van der Waals surface area contributed by atoms with Crippen molar-refractivity contribution in [1.29, 1.82) is 0 Å². The van der Waals surface area contributed by atoms with Crippen LogP contribution in [0.4, 0.5) is 13.2 Å². The van der Waals surface area contributed by atoms with Crippen LogP contribution in [0.2, 0.25) is 0 Å². The maximum absolute atomic E-state index is 15.8. The fourth-order valence-electron chi connectivity index (χ4n) is 16.8. The Morgan fingerprint density at radius 2 is 1.29 bits per heavy atom. The average molecular weight is 1530 g/mol. The summed E-state index contributed by atoms with van der Waals surface area (Å²) < 4.78 is 48.5. The highest BCUT2D eigenvalue weighted by molar-refractivity contribution is 6.30. The summed E-state index contributed by atoms with van der Waals surface area (Å²) in [5.41, 5.74) is -2.16. The van der Waals surface area contributed by atoms with Gasteiger partial charge in [0.05, 0.1) is 36.9 Å². The highest BCUT2D eigenvalue weighted by atomic mass is 35.5. The Balaban J connectivity index is 1.49. The molecule has 2 bridgehead atoms. The Morgan fingerprint density at radius 1 is 0.657 bits per heavy atom. The molecule has 6 rings (SSSR count). The third kappa shape index (κ3) is 21.8. The quantitative estimate of drug-likeness (QED) is 0.113. The van der Waals surface area contributed by atoms with Crippen molar-refractivity contribution < 1.29 is 75.4 Å². The van der Waals surface area contributed by atoms with Gasteiger partial charge in [-0.2, -0.15) is 13.2 Å². The van der Waals surface area contributed by atoms with Crippen LogP contribution in [0.3, 0.4) is 0 Å². The second kappa shape index (κ2) is 38.2. The van der Waals surface area contributed by atoms with Gasteiger partial charge in [0.1, 0.15) is 53.9 Å². The van der Waals surface area contributed by atoms with Crippen molar-refractivity contribution in [1.82, 2.24) is 60.0 Å². The summed E-state index contributed by atoms with van der Waals surface area (Å²) in [5, 5.41) is 8.21. The second-order valence-corrected chi connectivity index (χ2v) is 32.9. The molecule has 13 atom stereocenters. The van der Waals surface area contributed by atoms with E-state index in [2.05, 4.69) is 16.0 Å². The zero-order valence-corrected chi connectivity index (χ0v) is 66.5. The van der Waals surface area contributed by atoms with Gasteiger partial charge >= 0.3 is 6.18 Å². The number of amides is 12. The van der Waals surface area contributed by atoms with E-state index in [1.807, 2.05) is 34.6 Å². The highest BCUT2D eigenvalue weighted by Gasteiger charge is 2.59. The number of hydrogen-bond acceptors (Lipinski definition) is 13. The van der Waals surface area contributed by atoms with Crippen LogP contribution >= 0.6 is 23.2 Å². The molecule has 3 unspecified atom stereocenters. The first-order chi connectivity index (χ1) is 49.2. The van der Waals surface area contributed by atoms with Crippen molar-refractivity contribution in [3.63, 3.8) is 0 Å². The summed E-state index contributed by atoms with van der Waals surface area (Å²) in [6.07, 6.45) is 1.68. The third-order valence-corrected chi connectivity index (χ3v) is 24.4. The first kappa shape index (κ1) is 87.6. The SMILES string of the molecule is CCC[C@H]1C(=O)N[C@@H]([C@@H](C)CC)C(=O)N(C)CC(=O)N(C)[C@H]2C/C=C\CCN(C2=O)[C@@H](CC2CCC(C(F)(F)F)CC2)C(=O)N(C)CC(=O)N[C@@H](CCC2CCC(Cl)C(Cl)C2)C(=O)N2C[C@H](OCC)C[C@H]2C(=O)NC2(CC(C)(C)C2)C(=O)N(C)[C@@H](C(CC)CC)C(=O)N(C)[C@H](C(=O)N(C)C)CC(=O)N1C. The molecule has 2 saturated heterocycles. The van der Waals surface area contributed by atoms with Gasteiger partial charge in [-0.15, -0.1) is 23.2 Å². The van der Waals surface area contributed by atoms with Gasteiger partial charge in [0.2, 0.25) is 70.9 Å². The lowest BCUT2D eigenvalue weighted by molar-refractivity contribution is -0.184. The number of ether oxygens (including phenoxy) is 1. The maximum Gasteiger partial charge on any atom is 0.391 e. The Labute approximate surface area is 630 Å². The molecule has 0 aromatic heterocycles. The summed E-state index contributed by atoms with van der Waals surface area (Å²) in [5.74, 6) is -11.4. The predicted octanol–water partition coefficient (Wildman–Crippen LogP) is 6.74. The molecule has 30 heteroatoms. The van der Waals surface area contributed by atoms with E-state index in [4.69, 9.17) is 27.9 Å². The van der Waals surface area contributed by atoms with Gasteiger partial charge in [-0.1, -0.05) is 86.3 Å². The van der Waals surface area contributed by atoms with Gasteiger partial charge in [0, 0.05) is 87.9 Å². The van der Waals surface area contributed by atoms with E-state index in [0.29, 0.717) is 51.4 Å². The lowest BCUT2D eigenvalue weighted by atomic mass is 9.58. The molecule has 6 aliphatic rings. The topological polar surface area (TPSA) is 279 Å². The highest BCUT2D eigenvalue weighted by Crippen LogP contribution is 2.50. The normalized spacial score (nSPS) is 31.2. The molecule has 5 fully saturated rings. The summed E-state index contributed by atoms with van der Waals surface area (Å²) in [6.45, 7) is 13.5. The number of fused-ring (bicyclic) bond motifs is 3. The smallest absolute Gasteiger partial charge is 0.377 e. The fraction of sp³-hybridized carbons (Fsp3) is 0.813. The Bertz CT molecular complexity index is 3110. The van der Waals surface area contributed by atoms with Crippen molar-refractivity contribution in [3.05, 3.63) is 12.2 Å². The molecule has 12 amide bonds. The molecule has 25 nitrogen and oxygen atoms in total. The van der Waals surface area contributed by atoms with Gasteiger partial charge in [0.25, 0.3) is 0 Å². The minimum atomic E-state index is -4.44. The van der Waals surface area contributed by atoms with Crippen LogP contribution in [0.15, 0.2) is 12.2 Å². The van der Waals surface area contributed by atoms with Gasteiger partial charge in [-0.25, -0.2) is 0 Å². The average Bonchev–Trinajstić information content (AvgIpc) is 1.30. The summed E-state index contributed by atoms with van der Waals surface area (Å²) in [4.78, 5) is 193. The molecule has 0 aromatic rings. The molecule has 0 radical (unpaired) electrons. The lowest BCUT2D eigenvalue weighted by Gasteiger charge is -2.54. The molecule has 105 heavy (non-hydrogen) atoms. The minimum absolute atomic E-state index is 0.0103. The molecular weight excluding hydrogens is 1400 g/mol. The molecule has 594 valence electrons. The minimum Gasteiger partial charge on any atom is -0.377 e. The monoisotopic (exact) mass is 1520 g/mol. The van der Waals surface area contributed by atoms with E-state index in [0.717, 1.165) is 14.7 Å². The van der Waals surface area contributed by atoms with Crippen molar-refractivity contribution in [3.8, 4) is 0 Å². The van der Waals surface area contributed by atoms with Gasteiger partial charge in [0.15, 0.2) is 0 Å². The number of rotatable bonds is 15. The molecule has 1 spiro atoms. The number of halogens is 5. The molecule has 3 saturated carbocycles. The van der Waals surface area contributed by atoms with E-state index < -0.39 is 186 Å². The number of hydrogen-bond donors (Lipinski definition) is 3. The van der Waals surface area contributed by atoms with Crippen LogP contribution in [-0.2, 0) is 62.3 Å². The fourth-order valence-corrected chi connectivity index (χ4v) is 17.4. The van der Waals surface area contributed by atoms with Crippen molar-refractivity contribution in [2.75, 3.05) is 89.2 Å².